The van der Waals surface area contributed by atoms with Gasteiger partial charge in [0.25, 0.3) is 5.69 Å². The second-order valence-electron chi connectivity index (χ2n) is 5.33. The molecule has 136 valence electrons. The molecule has 0 radical (unpaired) electrons. The fourth-order valence-corrected chi connectivity index (χ4v) is 2.17. The Hall–Kier alpha value is -3.82. The Balaban J connectivity index is 1.63. The van der Waals surface area contributed by atoms with Gasteiger partial charge >= 0.3 is 0 Å². The lowest BCUT2D eigenvalue weighted by Gasteiger charge is -1.99. The zero-order valence-electron chi connectivity index (χ0n) is 14.0. The minimum Gasteiger partial charge on any atom is -0.353 e. The maximum absolute atomic E-state index is 10.6. The van der Waals surface area contributed by atoms with Crippen molar-refractivity contribution in [2.45, 2.75) is 0 Å². The van der Waals surface area contributed by atoms with Crippen LogP contribution < -0.4 is 10.8 Å². The number of aliphatic imine (C=N–C) groups is 2. The first-order valence-electron chi connectivity index (χ1n) is 7.79. The summed E-state index contributed by atoms with van der Waals surface area (Å²) in [6.45, 7) is 0. The lowest BCUT2D eigenvalue weighted by Crippen LogP contribution is -2.02. The molecule has 0 fully saturated rings. The van der Waals surface area contributed by atoms with E-state index in [1.165, 1.54) is 12.1 Å². The Bertz CT molecular complexity index is 962. The molecule has 0 amide bonds. The molecule has 3 aromatic rings. The van der Waals surface area contributed by atoms with Crippen LogP contribution in [0.1, 0.15) is 11.4 Å². The Morgan fingerprint density at radius 2 is 1.41 bits per heavy atom. The van der Waals surface area contributed by atoms with Crippen LogP contribution in [0, 0.1) is 10.1 Å². The third-order valence-electron chi connectivity index (χ3n) is 3.48. The monoisotopic (exact) mass is 365 g/mol. The fourth-order valence-electron chi connectivity index (χ4n) is 2.17. The smallest absolute Gasteiger partial charge is 0.269 e. The van der Waals surface area contributed by atoms with E-state index < -0.39 is 4.92 Å². The van der Waals surface area contributed by atoms with Crippen LogP contribution in [0.2, 0.25) is 0 Å². The quantitative estimate of drug-likeness (QED) is 0.286. The minimum atomic E-state index is -0.448. The summed E-state index contributed by atoms with van der Waals surface area (Å²) in [5.74, 6) is 5.30. The van der Waals surface area contributed by atoms with E-state index in [9.17, 15) is 10.1 Å². The van der Waals surface area contributed by atoms with Crippen molar-refractivity contribution >= 4 is 29.5 Å². The van der Waals surface area contributed by atoms with E-state index in [0.717, 1.165) is 17.1 Å². The number of nitrogens with one attached hydrogen (secondary N) is 1. The molecule has 1 heterocycles. The average molecular weight is 365 g/mol. The summed E-state index contributed by atoms with van der Waals surface area (Å²) in [6, 6.07) is 16.6. The van der Waals surface area contributed by atoms with E-state index in [-0.39, 0.29) is 5.69 Å². The van der Waals surface area contributed by atoms with Crippen molar-refractivity contribution in [3.8, 4) is 5.75 Å². The van der Waals surface area contributed by atoms with Crippen LogP contribution in [0.15, 0.2) is 70.6 Å². The SMILES string of the molecule is NOOc1ccc(N=Cc2ccc(C=Nc3ccc([N+](=O)[O-])cc3)[nH]2)cc1. The van der Waals surface area contributed by atoms with Gasteiger partial charge in [-0.2, -0.15) is 5.90 Å². The van der Waals surface area contributed by atoms with Crippen LogP contribution in [-0.2, 0) is 4.99 Å². The maximum Gasteiger partial charge on any atom is 0.269 e. The van der Waals surface area contributed by atoms with Gasteiger partial charge in [-0.15, -0.1) is 0 Å². The Morgan fingerprint density at radius 3 is 1.89 bits per heavy atom. The summed E-state index contributed by atoms with van der Waals surface area (Å²) in [4.78, 5) is 30.7. The normalized spacial score (nSPS) is 11.3. The highest BCUT2D eigenvalue weighted by Gasteiger charge is 2.03. The molecule has 1 aromatic heterocycles. The number of nitro benzene ring substituents is 1. The van der Waals surface area contributed by atoms with Gasteiger partial charge < -0.3 is 9.87 Å². The molecular weight excluding hydrogens is 350 g/mol. The van der Waals surface area contributed by atoms with Crippen molar-refractivity contribution in [1.29, 1.82) is 0 Å². The predicted octanol–water partition coefficient (Wildman–Crippen LogP) is 3.61. The van der Waals surface area contributed by atoms with E-state index in [4.69, 9.17) is 5.90 Å². The topological polar surface area (TPSA) is 128 Å². The van der Waals surface area contributed by atoms with Crippen molar-refractivity contribution in [2.24, 2.45) is 15.9 Å². The largest absolute Gasteiger partial charge is 0.353 e. The number of hydrogen-bond donors (Lipinski definition) is 2. The molecule has 27 heavy (non-hydrogen) atoms. The Morgan fingerprint density at radius 1 is 0.889 bits per heavy atom. The van der Waals surface area contributed by atoms with Crippen molar-refractivity contribution in [1.82, 2.24) is 4.98 Å². The molecule has 2 aromatic carbocycles. The average Bonchev–Trinajstić information content (AvgIpc) is 3.14. The van der Waals surface area contributed by atoms with Crippen LogP contribution in [0.25, 0.3) is 0 Å². The number of aromatic nitrogens is 1. The second-order valence-corrected chi connectivity index (χ2v) is 5.33. The van der Waals surface area contributed by atoms with Crippen molar-refractivity contribution in [3.63, 3.8) is 0 Å². The zero-order valence-corrected chi connectivity index (χ0v) is 14.0. The van der Waals surface area contributed by atoms with Crippen LogP contribution in [-0.4, -0.2) is 22.3 Å². The van der Waals surface area contributed by atoms with Crippen LogP contribution in [0.3, 0.4) is 0 Å². The summed E-state index contributed by atoms with van der Waals surface area (Å²) in [6.07, 6.45) is 3.32. The third-order valence-corrected chi connectivity index (χ3v) is 3.48. The standard InChI is InChI=1S/C18H15N5O4/c19-27-26-18-9-5-14(6-10-18)21-12-16-2-1-15(22-16)11-20-13-3-7-17(8-4-13)23(24)25/h1-12,22H,19H2. The summed E-state index contributed by atoms with van der Waals surface area (Å²) in [5.41, 5.74) is 2.95. The first kappa shape index (κ1) is 18.0. The van der Waals surface area contributed by atoms with E-state index in [0.29, 0.717) is 11.4 Å². The molecule has 0 unspecified atom stereocenters. The summed E-state index contributed by atoms with van der Waals surface area (Å²) >= 11 is 0. The van der Waals surface area contributed by atoms with E-state index in [1.54, 1.807) is 48.8 Å². The molecular formula is C18H15N5O4. The van der Waals surface area contributed by atoms with Gasteiger partial charge in [-0.3, -0.25) is 20.1 Å². The first-order chi connectivity index (χ1) is 13.1. The van der Waals surface area contributed by atoms with Gasteiger partial charge in [0.1, 0.15) is 0 Å². The first-order valence-corrected chi connectivity index (χ1v) is 7.79. The van der Waals surface area contributed by atoms with E-state index >= 15 is 0 Å². The highest BCUT2D eigenvalue weighted by molar-refractivity contribution is 5.85. The van der Waals surface area contributed by atoms with Gasteiger partial charge in [-0.05, 0) is 48.5 Å². The molecule has 0 bridgehead atoms. The third kappa shape index (κ3) is 5.08. The molecule has 0 aliphatic carbocycles. The minimum absolute atomic E-state index is 0.0301. The maximum atomic E-state index is 10.6. The number of rotatable bonds is 7. The summed E-state index contributed by atoms with van der Waals surface area (Å²) < 4.78 is 0. The van der Waals surface area contributed by atoms with Gasteiger partial charge in [0.15, 0.2) is 5.75 Å². The van der Waals surface area contributed by atoms with Gasteiger partial charge in [-0.25, -0.2) is 0 Å². The number of nitro groups is 1. The van der Waals surface area contributed by atoms with Gasteiger partial charge in [-0.1, -0.05) is 4.99 Å². The number of nitrogens with two attached hydrogens (primary N) is 1. The van der Waals surface area contributed by atoms with Gasteiger partial charge in [0.2, 0.25) is 0 Å². The summed E-state index contributed by atoms with van der Waals surface area (Å²) in [5, 5.41) is 10.6. The molecule has 9 nitrogen and oxygen atoms in total. The molecule has 3 rings (SSSR count). The Labute approximate surface area is 153 Å². The molecule has 3 N–H and O–H groups in total. The highest BCUT2D eigenvalue weighted by atomic mass is 17.3. The molecule has 0 aliphatic rings. The molecule has 0 saturated heterocycles. The van der Waals surface area contributed by atoms with Gasteiger partial charge in [0.05, 0.1) is 40.1 Å². The van der Waals surface area contributed by atoms with Crippen LogP contribution in [0.4, 0.5) is 17.1 Å². The summed E-state index contributed by atoms with van der Waals surface area (Å²) in [7, 11) is 0. The number of aromatic amines is 1. The molecule has 0 atom stereocenters. The molecule has 0 spiro atoms. The lowest BCUT2D eigenvalue weighted by molar-refractivity contribution is -0.384. The second kappa shape index (κ2) is 8.52. The van der Waals surface area contributed by atoms with Crippen molar-refractivity contribution in [3.05, 3.63) is 82.2 Å². The number of non-ortho nitro benzene ring substituents is 1. The van der Waals surface area contributed by atoms with Gasteiger partial charge in [0, 0.05) is 12.1 Å². The predicted molar refractivity (Wildman–Crippen MR) is 101 cm³/mol. The van der Waals surface area contributed by atoms with E-state index in [2.05, 4.69) is 24.8 Å². The van der Waals surface area contributed by atoms with Crippen LogP contribution >= 0.6 is 0 Å². The zero-order chi connectivity index (χ0) is 19.1. The number of hydrogen-bond acceptors (Lipinski definition) is 7. The lowest BCUT2D eigenvalue weighted by atomic mass is 10.3. The molecule has 9 heteroatoms. The van der Waals surface area contributed by atoms with E-state index in [1.807, 2.05) is 12.1 Å². The van der Waals surface area contributed by atoms with Crippen molar-refractivity contribution in [2.75, 3.05) is 0 Å². The highest BCUT2D eigenvalue weighted by Crippen LogP contribution is 2.19. The number of benzene rings is 2. The Kier molecular flexibility index (Phi) is 5.67. The molecule has 0 saturated carbocycles. The van der Waals surface area contributed by atoms with Crippen LogP contribution in [0.5, 0.6) is 5.75 Å². The number of H-pyrrole nitrogens is 1. The fraction of sp³-hybridized carbons (Fsp3) is 0. The molecule has 0 aliphatic heterocycles. The van der Waals surface area contributed by atoms with Crippen molar-refractivity contribution < 1.29 is 14.8 Å². The number of nitrogens with zero attached hydrogens (tertiary/aromatic N) is 3.